The van der Waals surface area contributed by atoms with Crippen LogP contribution in [0.15, 0.2) is 70.4 Å². The Morgan fingerprint density at radius 3 is 2.32 bits per heavy atom. The minimum Gasteiger partial charge on any atom is -0.508 e. The van der Waals surface area contributed by atoms with Gasteiger partial charge in [-0.1, -0.05) is 56.3 Å². The van der Waals surface area contributed by atoms with Gasteiger partial charge in [-0.2, -0.15) is 0 Å². The Morgan fingerprint density at radius 1 is 1.02 bits per heavy atom. The van der Waals surface area contributed by atoms with Gasteiger partial charge < -0.3 is 30.8 Å². The van der Waals surface area contributed by atoms with Crippen LogP contribution < -0.4 is 5.32 Å². The van der Waals surface area contributed by atoms with Crippen molar-refractivity contribution in [1.29, 1.82) is 0 Å². The molecular weight excluding hydrogens is 602 g/mol. The third-order valence-corrected chi connectivity index (χ3v) is 9.80. The van der Waals surface area contributed by atoms with Crippen LogP contribution in [0.2, 0.25) is 0 Å². The molecule has 0 radical (unpaired) electrons. The van der Waals surface area contributed by atoms with Gasteiger partial charge in [0.1, 0.15) is 28.7 Å². The molecule has 3 aromatic carbocycles. The summed E-state index contributed by atoms with van der Waals surface area (Å²) in [5.41, 5.74) is -4.04. The fourth-order valence-corrected chi connectivity index (χ4v) is 7.71. The molecule has 244 valence electrons. The number of phenolic OH excluding ortho intramolecular Hbond substituents is 1. The molecule has 1 saturated carbocycles. The maximum atomic E-state index is 14.3. The predicted molar refractivity (Wildman–Crippen MR) is 176 cm³/mol. The minimum absolute atomic E-state index is 0.0191. The fraction of sp³-hybridized carbons (Fsp3) is 0.333. The number of carbonyl (C=O) groups is 3. The Balaban J connectivity index is 1.57. The molecule has 1 fully saturated rings. The molecular formula is C36H37N3O8. The van der Waals surface area contributed by atoms with Crippen molar-refractivity contribution in [2.45, 2.75) is 56.5 Å². The van der Waals surface area contributed by atoms with Crippen LogP contribution in [0.25, 0.3) is 27.7 Å². The third-order valence-electron chi connectivity index (χ3n) is 9.80. The van der Waals surface area contributed by atoms with E-state index in [-0.39, 0.29) is 29.3 Å². The number of amides is 1. The van der Waals surface area contributed by atoms with Crippen LogP contribution in [0.5, 0.6) is 5.75 Å². The van der Waals surface area contributed by atoms with E-state index < -0.39 is 64.1 Å². The lowest BCUT2D eigenvalue weighted by Crippen LogP contribution is -2.76. The van der Waals surface area contributed by atoms with E-state index in [1.54, 1.807) is 6.07 Å². The van der Waals surface area contributed by atoms with E-state index in [0.717, 1.165) is 21.9 Å². The van der Waals surface area contributed by atoms with Crippen molar-refractivity contribution in [2.24, 2.45) is 10.9 Å². The van der Waals surface area contributed by atoms with Gasteiger partial charge in [0, 0.05) is 18.2 Å². The summed E-state index contributed by atoms with van der Waals surface area (Å²) < 4.78 is 0. The van der Waals surface area contributed by atoms with Crippen molar-refractivity contribution < 1.29 is 39.9 Å². The van der Waals surface area contributed by atoms with Crippen molar-refractivity contribution in [1.82, 2.24) is 10.2 Å². The molecule has 0 aromatic heterocycles. The number of benzene rings is 3. The lowest BCUT2D eigenvalue weighted by atomic mass is 9.54. The summed E-state index contributed by atoms with van der Waals surface area (Å²) in [6, 6.07) is 13.7. The predicted octanol–water partition coefficient (Wildman–Crippen LogP) is 3.14. The molecule has 3 aliphatic rings. The molecule has 0 heterocycles. The van der Waals surface area contributed by atoms with E-state index in [4.69, 9.17) is 0 Å². The van der Waals surface area contributed by atoms with Gasteiger partial charge in [-0.25, -0.2) is 4.99 Å². The monoisotopic (exact) mass is 639 g/mol. The zero-order chi connectivity index (χ0) is 34.2. The van der Waals surface area contributed by atoms with Crippen LogP contribution in [0, 0.1) is 5.92 Å². The summed E-state index contributed by atoms with van der Waals surface area (Å²) in [5.74, 6) is -6.84. The molecule has 11 nitrogen and oxygen atoms in total. The molecule has 3 aromatic rings. The fourth-order valence-electron chi connectivity index (χ4n) is 7.71. The van der Waals surface area contributed by atoms with E-state index in [0.29, 0.717) is 17.7 Å². The number of aromatic hydroxyl groups is 1. The number of nitrogens with one attached hydrogen (secondary N) is 1. The summed E-state index contributed by atoms with van der Waals surface area (Å²) >= 11 is 0. The standard InChI is InChI=1S/C36H37N3O8/c1-17(2)38-16-18-10-11-22(21-9-7-6-8-20(18)21)23-12-13-25(40)27-24(23)14-19-15-35(46)31(39(4)5)30(42)28(34(45)37-3)33(44)36(35,47)32(43)26(19)29(27)41/h6-13,17,19,31,38,40-41,44,46-47H,3,14-16H2,1-2,4-5H3/t19-,31+,35+,36-/m0/s1. The zero-order valence-electron chi connectivity index (χ0n) is 26.5. The summed E-state index contributed by atoms with van der Waals surface area (Å²) in [4.78, 5) is 44.9. The molecule has 0 spiro atoms. The van der Waals surface area contributed by atoms with Crippen LogP contribution in [-0.4, -0.2) is 92.0 Å². The maximum absolute atomic E-state index is 14.3. The lowest BCUT2D eigenvalue weighted by Gasteiger charge is -2.55. The molecule has 47 heavy (non-hydrogen) atoms. The highest BCUT2D eigenvalue weighted by Gasteiger charge is 2.72. The average molecular weight is 640 g/mol. The molecule has 6 N–H and O–H groups in total. The second-order valence-corrected chi connectivity index (χ2v) is 13.1. The first-order chi connectivity index (χ1) is 22.2. The van der Waals surface area contributed by atoms with Gasteiger partial charge in [0.15, 0.2) is 11.5 Å². The lowest BCUT2D eigenvalue weighted by molar-refractivity contribution is -0.202. The van der Waals surface area contributed by atoms with Crippen LogP contribution in [0.4, 0.5) is 0 Å². The van der Waals surface area contributed by atoms with Gasteiger partial charge in [-0.05, 0) is 78.7 Å². The van der Waals surface area contributed by atoms with Gasteiger partial charge >= 0.3 is 0 Å². The summed E-state index contributed by atoms with van der Waals surface area (Å²) in [6.45, 7) is 7.89. The molecule has 1 amide bonds. The van der Waals surface area contributed by atoms with Crippen molar-refractivity contribution in [2.75, 3.05) is 14.1 Å². The number of fused-ring (bicyclic) bond motifs is 4. The smallest absolute Gasteiger partial charge is 0.283 e. The van der Waals surface area contributed by atoms with Gasteiger partial charge in [-0.15, -0.1) is 0 Å². The first-order valence-corrected chi connectivity index (χ1v) is 15.4. The molecule has 11 heteroatoms. The first-order valence-electron chi connectivity index (χ1n) is 15.4. The molecule has 0 saturated heterocycles. The normalized spacial score (nSPS) is 25.7. The number of hydrogen-bond acceptors (Lipinski definition) is 10. The minimum atomic E-state index is -3.19. The van der Waals surface area contributed by atoms with E-state index >= 15 is 0 Å². The number of aliphatic imine (C=N–C) groups is 1. The van der Waals surface area contributed by atoms with Gasteiger partial charge in [0.05, 0.1) is 5.56 Å². The molecule has 6 rings (SSSR count). The number of ketones is 2. The number of phenols is 1. The van der Waals surface area contributed by atoms with Crippen LogP contribution in [-0.2, 0) is 27.3 Å². The van der Waals surface area contributed by atoms with Gasteiger partial charge in [-0.3, -0.25) is 19.3 Å². The maximum Gasteiger partial charge on any atom is 0.283 e. The highest BCUT2D eigenvalue weighted by molar-refractivity contribution is 6.26. The van der Waals surface area contributed by atoms with Crippen LogP contribution >= 0.6 is 0 Å². The van der Waals surface area contributed by atoms with Crippen LogP contribution in [0.1, 0.15) is 37.0 Å². The Labute approximate surface area is 271 Å². The quantitative estimate of drug-likeness (QED) is 0.173. The van der Waals surface area contributed by atoms with Crippen molar-refractivity contribution in [3.63, 3.8) is 0 Å². The van der Waals surface area contributed by atoms with E-state index in [1.807, 2.05) is 36.4 Å². The first kappa shape index (κ1) is 32.3. The van der Waals surface area contributed by atoms with Crippen LogP contribution in [0.3, 0.4) is 0 Å². The average Bonchev–Trinajstić information content (AvgIpc) is 3.01. The SMILES string of the molecule is C=NC(=O)C1=C(O)[C@@]2(O)C(=O)C3=C(O)c4c(O)ccc(-c5ccc(CNC(C)C)c6ccccc56)c4C[C@H]3C[C@@]2(O)[C@H](N(C)C)C1=O. The highest BCUT2D eigenvalue weighted by Crippen LogP contribution is 2.55. The highest BCUT2D eigenvalue weighted by atomic mass is 16.4. The molecule has 3 aliphatic carbocycles. The van der Waals surface area contributed by atoms with E-state index in [2.05, 4.69) is 30.9 Å². The summed E-state index contributed by atoms with van der Waals surface area (Å²) in [5, 5.41) is 63.5. The number of likely N-dealkylation sites (N-methyl/N-ethyl adjacent to an activating group) is 1. The Morgan fingerprint density at radius 2 is 1.68 bits per heavy atom. The van der Waals surface area contributed by atoms with E-state index in [1.165, 1.54) is 25.1 Å². The van der Waals surface area contributed by atoms with Crippen molar-refractivity contribution in [3.8, 4) is 16.9 Å². The second kappa shape index (κ2) is 11.2. The van der Waals surface area contributed by atoms with Crippen molar-refractivity contribution >= 4 is 40.7 Å². The van der Waals surface area contributed by atoms with Gasteiger partial charge in [0.25, 0.3) is 5.91 Å². The largest absolute Gasteiger partial charge is 0.508 e. The summed E-state index contributed by atoms with van der Waals surface area (Å²) in [7, 11) is 2.86. The Kier molecular flexibility index (Phi) is 7.71. The topological polar surface area (TPSA) is 180 Å². The number of nitrogens with zero attached hydrogens (tertiary/aromatic N) is 2. The molecule has 4 atom stereocenters. The number of rotatable bonds is 6. The summed E-state index contributed by atoms with van der Waals surface area (Å²) in [6.07, 6.45) is -0.419. The number of aliphatic hydroxyl groups is 4. The number of hydrogen-bond donors (Lipinski definition) is 6. The number of Topliss-reactive ketones (excluding diaryl/α,β-unsaturated/α-hetero) is 2. The number of carbonyl (C=O) groups excluding carboxylic acids is 3. The molecule has 0 aliphatic heterocycles. The van der Waals surface area contributed by atoms with Gasteiger partial charge in [0.2, 0.25) is 11.4 Å². The Hall–Kier alpha value is -4.68. The van der Waals surface area contributed by atoms with E-state index in [9.17, 15) is 39.9 Å². The Bertz CT molecular complexity index is 1960. The molecule has 0 bridgehead atoms. The molecule has 0 unspecified atom stereocenters. The second-order valence-electron chi connectivity index (χ2n) is 13.1. The number of aliphatic hydroxyl groups excluding tert-OH is 2. The third kappa shape index (κ3) is 4.49. The zero-order valence-corrected chi connectivity index (χ0v) is 26.5. The van der Waals surface area contributed by atoms with Crippen molar-refractivity contribution in [3.05, 3.63) is 82.1 Å².